The van der Waals surface area contributed by atoms with Gasteiger partial charge in [-0.3, -0.25) is 9.59 Å². The van der Waals surface area contributed by atoms with E-state index in [0.29, 0.717) is 11.3 Å². The van der Waals surface area contributed by atoms with Gasteiger partial charge in [0.05, 0.1) is 17.5 Å². The number of carbonyl (C=O) groups excluding carboxylic acids is 2. The molecular formula is C25H25F3N4O2. The predicted octanol–water partition coefficient (Wildman–Crippen LogP) is 4.98. The Kier molecular flexibility index (Phi) is 7.24. The van der Waals surface area contributed by atoms with Crippen molar-refractivity contribution < 1.29 is 22.8 Å². The first-order chi connectivity index (χ1) is 16.0. The summed E-state index contributed by atoms with van der Waals surface area (Å²) in [7, 11) is 0. The van der Waals surface area contributed by atoms with E-state index in [9.17, 15) is 22.8 Å². The summed E-state index contributed by atoms with van der Waals surface area (Å²) < 4.78 is 39.5. The summed E-state index contributed by atoms with van der Waals surface area (Å²) in [6.45, 7) is 5.49. The van der Waals surface area contributed by atoms with Gasteiger partial charge in [-0.25, -0.2) is 4.98 Å². The maximum Gasteiger partial charge on any atom is 0.416 e. The number of benzene rings is 2. The van der Waals surface area contributed by atoms with Crippen molar-refractivity contribution in [3.63, 3.8) is 0 Å². The van der Waals surface area contributed by atoms with Gasteiger partial charge in [-0.15, -0.1) is 0 Å². The van der Waals surface area contributed by atoms with E-state index in [2.05, 4.69) is 15.6 Å². The zero-order valence-corrected chi connectivity index (χ0v) is 19.0. The fourth-order valence-corrected chi connectivity index (χ4v) is 3.54. The van der Waals surface area contributed by atoms with Crippen molar-refractivity contribution >= 4 is 23.3 Å². The summed E-state index contributed by atoms with van der Waals surface area (Å²) in [5.41, 5.74) is 7.85. The van der Waals surface area contributed by atoms with Gasteiger partial charge < -0.3 is 16.4 Å². The minimum atomic E-state index is -4.53. The van der Waals surface area contributed by atoms with Gasteiger partial charge in [0.15, 0.2) is 0 Å². The molecule has 2 aromatic carbocycles. The molecule has 4 N–H and O–H groups in total. The standard InChI is InChI=1S/C25H25F3N4O2/c1-14(2)31-24(34)20-11-17(13-30-23(20)29)19-9-8-18(10-15(19)3)32-22(33)12-16-6-4-5-7-21(16)25(26,27)28/h4-11,13-14H,12H2,1-3H3,(H2,29,30)(H,31,34)(H,32,33). The van der Waals surface area contributed by atoms with Crippen molar-refractivity contribution in [2.45, 2.75) is 39.4 Å². The molecule has 0 spiro atoms. The van der Waals surface area contributed by atoms with Crippen molar-refractivity contribution in [3.05, 3.63) is 77.0 Å². The number of alkyl halides is 3. The second-order valence-corrected chi connectivity index (χ2v) is 8.19. The molecule has 9 heteroatoms. The molecule has 3 aromatic rings. The van der Waals surface area contributed by atoms with Crippen molar-refractivity contribution in [1.29, 1.82) is 0 Å². The van der Waals surface area contributed by atoms with Crippen molar-refractivity contribution in [3.8, 4) is 11.1 Å². The van der Waals surface area contributed by atoms with Crippen LogP contribution in [0.5, 0.6) is 0 Å². The summed E-state index contributed by atoms with van der Waals surface area (Å²) in [6.07, 6.45) is -3.39. The lowest BCUT2D eigenvalue weighted by Crippen LogP contribution is -2.30. The first kappa shape index (κ1) is 24.8. The quantitative estimate of drug-likeness (QED) is 0.474. The van der Waals surface area contributed by atoms with Crippen LogP contribution in [0.3, 0.4) is 0 Å². The number of aryl methyl sites for hydroxylation is 1. The van der Waals surface area contributed by atoms with Gasteiger partial charge in [0.1, 0.15) is 5.82 Å². The Balaban J connectivity index is 1.79. The van der Waals surface area contributed by atoms with Gasteiger partial charge in [-0.2, -0.15) is 13.2 Å². The van der Waals surface area contributed by atoms with E-state index in [-0.39, 0.29) is 28.9 Å². The highest BCUT2D eigenvalue weighted by atomic mass is 19.4. The molecule has 2 amide bonds. The molecule has 0 aliphatic carbocycles. The fraction of sp³-hybridized carbons (Fsp3) is 0.240. The van der Waals surface area contributed by atoms with Crippen molar-refractivity contribution in [2.24, 2.45) is 0 Å². The Labute approximate surface area is 195 Å². The number of rotatable bonds is 6. The summed E-state index contributed by atoms with van der Waals surface area (Å²) in [4.78, 5) is 29.0. The SMILES string of the molecule is Cc1cc(NC(=O)Cc2ccccc2C(F)(F)F)ccc1-c1cnc(N)c(C(=O)NC(C)C)c1. The second-order valence-electron chi connectivity index (χ2n) is 8.19. The zero-order chi connectivity index (χ0) is 25.0. The third-order valence-electron chi connectivity index (χ3n) is 5.08. The molecule has 0 unspecified atom stereocenters. The number of anilines is 2. The molecule has 3 rings (SSSR count). The largest absolute Gasteiger partial charge is 0.416 e. The van der Waals surface area contributed by atoms with Gasteiger partial charge >= 0.3 is 6.18 Å². The first-order valence-corrected chi connectivity index (χ1v) is 10.6. The van der Waals surface area contributed by atoms with Crippen LogP contribution in [0.2, 0.25) is 0 Å². The number of hydrogen-bond acceptors (Lipinski definition) is 4. The number of halogens is 3. The number of nitrogens with one attached hydrogen (secondary N) is 2. The molecule has 0 fully saturated rings. The van der Waals surface area contributed by atoms with E-state index >= 15 is 0 Å². The molecule has 34 heavy (non-hydrogen) atoms. The lowest BCUT2D eigenvalue weighted by atomic mass is 9.99. The van der Waals surface area contributed by atoms with E-state index in [1.54, 1.807) is 30.5 Å². The number of aromatic nitrogens is 1. The summed E-state index contributed by atoms with van der Waals surface area (Å²) in [6, 6.07) is 11.7. The molecule has 0 bridgehead atoms. The molecule has 0 radical (unpaired) electrons. The van der Waals surface area contributed by atoms with Crippen LogP contribution in [0.15, 0.2) is 54.7 Å². The lowest BCUT2D eigenvalue weighted by Gasteiger charge is -2.14. The Morgan fingerprint density at radius 3 is 2.44 bits per heavy atom. The number of amides is 2. The van der Waals surface area contributed by atoms with Crippen LogP contribution >= 0.6 is 0 Å². The number of carbonyl (C=O) groups is 2. The van der Waals surface area contributed by atoms with Crippen LogP contribution in [0.25, 0.3) is 11.1 Å². The molecule has 0 saturated carbocycles. The molecule has 1 aromatic heterocycles. The number of nitrogens with two attached hydrogens (primary N) is 1. The number of nitrogen functional groups attached to an aromatic ring is 1. The predicted molar refractivity (Wildman–Crippen MR) is 125 cm³/mol. The average Bonchev–Trinajstić information content (AvgIpc) is 2.73. The monoisotopic (exact) mass is 470 g/mol. The third-order valence-corrected chi connectivity index (χ3v) is 5.08. The van der Waals surface area contributed by atoms with Crippen LogP contribution < -0.4 is 16.4 Å². The van der Waals surface area contributed by atoms with Gasteiger partial charge in [-0.05, 0) is 61.7 Å². The van der Waals surface area contributed by atoms with E-state index in [1.807, 2.05) is 20.8 Å². The molecule has 1 heterocycles. The third kappa shape index (κ3) is 5.92. The Morgan fingerprint density at radius 2 is 1.79 bits per heavy atom. The maximum atomic E-state index is 13.2. The Hall–Kier alpha value is -3.88. The average molecular weight is 470 g/mol. The van der Waals surface area contributed by atoms with Gasteiger partial charge in [0.2, 0.25) is 5.91 Å². The summed E-state index contributed by atoms with van der Waals surface area (Å²) in [5.74, 6) is -0.782. The normalized spacial score (nSPS) is 11.4. The van der Waals surface area contributed by atoms with E-state index in [4.69, 9.17) is 5.73 Å². The highest BCUT2D eigenvalue weighted by molar-refractivity contribution is 5.99. The number of hydrogen-bond donors (Lipinski definition) is 3. The Bertz CT molecular complexity index is 1220. The minimum absolute atomic E-state index is 0.0664. The first-order valence-electron chi connectivity index (χ1n) is 10.6. The summed E-state index contributed by atoms with van der Waals surface area (Å²) >= 11 is 0. The molecular weight excluding hydrogens is 445 g/mol. The van der Waals surface area contributed by atoms with Crippen molar-refractivity contribution in [1.82, 2.24) is 10.3 Å². The topological polar surface area (TPSA) is 97.1 Å². The number of nitrogens with zero attached hydrogens (tertiary/aromatic N) is 1. The second kappa shape index (κ2) is 9.94. The maximum absolute atomic E-state index is 13.2. The van der Waals surface area contributed by atoms with Crippen LogP contribution in [0.4, 0.5) is 24.7 Å². The van der Waals surface area contributed by atoms with Gasteiger partial charge in [-0.1, -0.05) is 24.3 Å². The van der Waals surface area contributed by atoms with E-state index < -0.39 is 24.1 Å². The molecule has 0 atom stereocenters. The van der Waals surface area contributed by atoms with Crippen LogP contribution in [0.1, 0.15) is 40.9 Å². The van der Waals surface area contributed by atoms with Crippen LogP contribution in [-0.4, -0.2) is 22.8 Å². The van der Waals surface area contributed by atoms with Gasteiger partial charge in [0, 0.05) is 23.5 Å². The smallest absolute Gasteiger partial charge is 0.383 e. The highest BCUT2D eigenvalue weighted by Gasteiger charge is 2.33. The van der Waals surface area contributed by atoms with Gasteiger partial charge in [0.25, 0.3) is 5.91 Å². The Morgan fingerprint density at radius 1 is 1.09 bits per heavy atom. The van der Waals surface area contributed by atoms with E-state index in [1.165, 1.54) is 18.2 Å². The molecule has 0 aliphatic rings. The highest BCUT2D eigenvalue weighted by Crippen LogP contribution is 2.32. The minimum Gasteiger partial charge on any atom is -0.383 e. The van der Waals surface area contributed by atoms with Crippen LogP contribution in [0, 0.1) is 6.92 Å². The zero-order valence-electron chi connectivity index (χ0n) is 19.0. The van der Waals surface area contributed by atoms with Crippen LogP contribution in [-0.2, 0) is 17.4 Å². The number of pyridine rings is 1. The molecule has 6 nitrogen and oxygen atoms in total. The molecule has 0 aliphatic heterocycles. The molecule has 0 saturated heterocycles. The van der Waals surface area contributed by atoms with E-state index in [0.717, 1.165) is 17.2 Å². The molecule has 178 valence electrons. The summed E-state index contributed by atoms with van der Waals surface area (Å²) in [5, 5.41) is 5.42. The lowest BCUT2D eigenvalue weighted by molar-refractivity contribution is -0.138. The van der Waals surface area contributed by atoms with Crippen molar-refractivity contribution in [2.75, 3.05) is 11.1 Å². The fourth-order valence-electron chi connectivity index (χ4n) is 3.54.